The van der Waals surface area contributed by atoms with E-state index in [1.54, 1.807) is 0 Å². The van der Waals surface area contributed by atoms with Gasteiger partial charge in [-0.1, -0.05) is 45.0 Å². The molecule has 2 N–H and O–H groups in total. The minimum atomic E-state index is -0.921. The molecule has 0 aromatic heterocycles. The number of carbonyl (C=O) groups excluding carboxylic acids is 1. The number of rotatable bonds is 2. The number of hydrogen-bond acceptors (Lipinski definition) is 2. The average Bonchev–Trinajstić information content (AvgIpc) is 2.35. The van der Waals surface area contributed by atoms with Gasteiger partial charge in [0.15, 0.2) is 0 Å². The highest BCUT2D eigenvalue weighted by Gasteiger charge is 2.35. The molecule has 0 spiro atoms. The van der Waals surface area contributed by atoms with Crippen LogP contribution in [0.1, 0.15) is 44.7 Å². The zero-order valence-corrected chi connectivity index (χ0v) is 12.0. The van der Waals surface area contributed by atoms with Gasteiger partial charge < -0.3 is 10.4 Å². The third-order valence-electron chi connectivity index (χ3n) is 3.78. The van der Waals surface area contributed by atoms with Crippen molar-refractivity contribution in [2.75, 3.05) is 6.54 Å². The van der Waals surface area contributed by atoms with Crippen molar-refractivity contribution in [1.82, 2.24) is 5.32 Å². The number of hydrogen-bond donors (Lipinski definition) is 2. The molecule has 0 heterocycles. The first-order valence-corrected chi connectivity index (χ1v) is 6.92. The highest BCUT2D eigenvalue weighted by atomic mass is 16.3. The molecular weight excluding hydrogens is 238 g/mol. The molecule has 1 aromatic rings. The molecule has 1 aliphatic carbocycles. The monoisotopic (exact) mass is 261 g/mol. The van der Waals surface area contributed by atoms with E-state index in [2.05, 4.69) is 11.4 Å². The summed E-state index contributed by atoms with van der Waals surface area (Å²) in [6.45, 7) is 5.92. The van der Waals surface area contributed by atoms with Crippen molar-refractivity contribution in [1.29, 1.82) is 0 Å². The van der Waals surface area contributed by atoms with Gasteiger partial charge in [-0.3, -0.25) is 4.79 Å². The topological polar surface area (TPSA) is 49.3 Å². The minimum absolute atomic E-state index is 0.0241. The van der Waals surface area contributed by atoms with Crippen LogP contribution in [0.4, 0.5) is 0 Å². The Kier molecular flexibility index (Phi) is 3.68. The Morgan fingerprint density at radius 1 is 1.37 bits per heavy atom. The van der Waals surface area contributed by atoms with Crippen molar-refractivity contribution in [3.63, 3.8) is 0 Å². The SMILES string of the molecule is CC(C)(C)C(=O)NCC1(O)CCCc2ccccc21. The summed E-state index contributed by atoms with van der Waals surface area (Å²) < 4.78 is 0. The van der Waals surface area contributed by atoms with Crippen molar-refractivity contribution in [2.45, 2.75) is 45.6 Å². The minimum Gasteiger partial charge on any atom is -0.383 e. The molecule has 104 valence electrons. The highest BCUT2D eigenvalue weighted by Crippen LogP contribution is 2.34. The number of carbonyl (C=O) groups is 1. The van der Waals surface area contributed by atoms with E-state index in [0.717, 1.165) is 18.4 Å². The van der Waals surface area contributed by atoms with Crippen LogP contribution in [0.2, 0.25) is 0 Å². The summed E-state index contributed by atoms with van der Waals surface area (Å²) in [5, 5.41) is 13.7. The Morgan fingerprint density at radius 2 is 2.05 bits per heavy atom. The molecule has 1 aromatic carbocycles. The third kappa shape index (κ3) is 2.98. The lowest BCUT2D eigenvalue weighted by Gasteiger charge is -2.35. The first-order chi connectivity index (χ1) is 8.83. The molecule has 1 aliphatic rings. The van der Waals surface area contributed by atoms with Crippen molar-refractivity contribution < 1.29 is 9.90 Å². The van der Waals surface area contributed by atoms with E-state index in [9.17, 15) is 9.90 Å². The van der Waals surface area contributed by atoms with Crippen LogP contribution in [0.5, 0.6) is 0 Å². The fraction of sp³-hybridized carbons (Fsp3) is 0.562. The summed E-state index contributed by atoms with van der Waals surface area (Å²) in [5.74, 6) is -0.0241. The Morgan fingerprint density at radius 3 is 2.74 bits per heavy atom. The van der Waals surface area contributed by atoms with Crippen LogP contribution in [0.3, 0.4) is 0 Å². The highest BCUT2D eigenvalue weighted by molar-refractivity contribution is 5.81. The van der Waals surface area contributed by atoms with Gasteiger partial charge in [-0.05, 0) is 30.4 Å². The maximum atomic E-state index is 11.9. The summed E-state index contributed by atoms with van der Waals surface area (Å²) in [5.41, 5.74) is 0.817. The van der Waals surface area contributed by atoms with Crippen LogP contribution in [-0.4, -0.2) is 17.6 Å². The largest absolute Gasteiger partial charge is 0.383 e. The second kappa shape index (κ2) is 4.97. The molecule has 0 bridgehead atoms. The standard InChI is InChI=1S/C16H23NO2/c1-15(2,3)14(18)17-11-16(19)10-6-8-12-7-4-5-9-13(12)16/h4-5,7,9,19H,6,8,10-11H2,1-3H3,(H,17,18). The average molecular weight is 261 g/mol. The van der Waals surface area contributed by atoms with Crippen LogP contribution >= 0.6 is 0 Å². The summed E-state index contributed by atoms with van der Waals surface area (Å²) in [4.78, 5) is 11.9. The Bertz CT molecular complexity index is 476. The summed E-state index contributed by atoms with van der Waals surface area (Å²) >= 11 is 0. The number of amides is 1. The zero-order chi connectivity index (χ0) is 14.1. The lowest BCUT2D eigenvalue weighted by Crippen LogP contribution is -2.46. The van der Waals surface area contributed by atoms with Gasteiger partial charge in [0.25, 0.3) is 0 Å². The van der Waals surface area contributed by atoms with Crippen molar-refractivity contribution in [3.05, 3.63) is 35.4 Å². The molecule has 0 radical (unpaired) electrons. The van der Waals surface area contributed by atoms with E-state index >= 15 is 0 Å². The molecule has 0 aliphatic heterocycles. The van der Waals surface area contributed by atoms with Gasteiger partial charge in [0.05, 0.1) is 6.54 Å². The Hall–Kier alpha value is -1.35. The van der Waals surface area contributed by atoms with Gasteiger partial charge in [-0.15, -0.1) is 0 Å². The number of fused-ring (bicyclic) bond motifs is 1. The number of aryl methyl sites for hydroxylation is 1. The van der Waals surface area contributed by atoms with E-state index in [-0.39, 0.29) is 5.91 Å². The molecule has 3 nitrogen and oxygen atoms in total. The number of benzene rings is 1. The fourth-order valence-corrected chi connectivity index (χ4v) is 2.57. The predicted octanol–water partition coefficient (Wildman–Crippen LogP) is 2.37. The van der Waals surface area contributed by atoms with E-state index in [1.165, 1.54) is 5.56 Å². The molecule has 0 saturated heterocycles. The van der Waals surface area contributed by atoms with Crippen molar-refractivity contribution in [3.8, 4) is 0 Å². The number of aliphatic hydroxyl groups is 1. The van der Waals surface area contributed by atoms with E-state index < -0.39 is 11.0 Å². The third-order valence-corrected chi connectivity index (χ3v) is 3.78. The molecule has 19 heavy (non-hydrogen) atoms. The Balaban J connectivity index is 2.14. The molecule has 2 rings (SSSR count). The first kappa shape index (κ1) is 14.1. The second-order valence-electron chi connectivity index (χ2n) is 6.47. The lowest BCUT2D eigenvalue weighted by atomic mass is 9.79. The quantitative estimate of drug-likeness (QED) is 0.858. The van der Waals surface area contributed by atoms with Gasteiger partial charge in [0.1, 0.15) is 5.60 Å². The van der Waals surface area contributed by atoms with Crippen LogP contribution < -0.4 is 5.32 Å². The van der Waals surface area contributed by atoms with Gasteiger partial charge in [0, 0.05) is 5.41 Å². The van der Waals surface area contributed by atoms with Crippen molar-refractivity contribution in [2.24, 2.45) is 5.41 Å². The van der Waals surface area contributed by atoms with E-state index in [1.807, 2.05) is 39.0 Å². The summed E-state index contributed by atoms with van der Waals surface area (Å²) in [6.07, 6.45) is 2.67. The first-order valence-electron chi connectivity index (χ1n) is 6.92. The summed E-state index contributed by atoms with van der Waals surface area (Å²) in [7, 11) is 0. The maximum absolute atomic E-state index is 11.9. The smallest absolute Gasteiger partial charge is 0.225 e. The van der Waals surface area contributed by atoms with Crippen LogP contribution in [0.15, 0.2) is 24.3 Å². The van der Waals surface area contributed by atoms with E-state index in [0.29, 0.717) is 13.0 Å². The van der Waals surface area contributed by atoms with E-state index in [4.69, 9.17) is 0 Å². The van der Waals surface area contributed by atoms with Gasteiger partial charge in [-0.25, -0.2) is 0 Å². The molecule has 1 atom stereocenters. The normalized spacial score (nSPS) is 22.7. The van der Waals surface area contributed by atoms with Gasteiger partial charge in [-0.2, -0.15) is 0 Å². The molecular formula is C16H23NO2. The zero-order valence-electron chi connectivity index (χ0n) is 12.0. The molecule has 1 amide bonds. The van der Waals surface area contributed by atoms with Crippen molar-refractivity contribution >= 4 is 5.91 Å². The van der Waals surface area contributed by atoms with Gasteiger partial charge >= 0.3 is 0 Å². The number of nitrogens with one attached hydrogen (secondary N) is 1. The molecule has 0 fully saturated rings. The lowest BCUT2D eigenvalue weighted by molar-refractivity contribution is -0.130. The molecule has 1 unspecified atom stereocenters. The maximum Gasteiger partial charge on any atom is 0.225 e. The fourth-order valence-electron chi connectivity index (χ4n) is 2.57. The van der Waals surface area contributed by atoms with Gasteiger partial charge in [0.2, 0.25) is 5.91 Å². The van der Waals surface area contributed by atoms with Crippen LogP contribution in [0, 0.1) is 5.41 Å². The molecule has 3 heteroatoms. The Labute approximate surface area is 115 Å². The molecule has 0 saturated carbocycles. The second-order valence-corrected chi connectivity index (χ2v) is 6.47. The van der Waals surface area contributed by atoms with Crippen LogP contribution in [0.25, 0.3) is 0 Å². The summed E-state index contributed by atoms with van der Waals surface area (Å²) in [6, 6.07) is 7.97. The van der Waals surface area contributed by atoms with Crippen LogP contribution in [-0.2, 0) is 16.8 Å². The predicted molar refractivity (Wildman–Crippen MR) is 75.7 cm³/mol.